The van der Waals surface area contributed by atoms with E-state index >= 15 is 0 Å². The number of hydrogen-bond acceptors (Lipinski definition) is 6. The van der Waals surface area contributed by atoms with Gasteiger partial charge in [0.15, 0.2) is 0 Å². The molecule has 0 aliphatic carbocycles. The number of likely N-dealkylation sites (N-methyl/N-ethyl adjacent to an activating group) is 1. The van der Waals surface area contributed by atoms with E-state index in [2.05, 4.69) is 26.3 Å². The maximum Gasteiger partial charge on any atom is 0.253 e. The number of nitrogens with one attached hydrogen (secondary N) is 1. The van der Waals surface area contributed by atoms with Crippen LogP contribution in [-0.2, 0) is 6.54 Å². The number of nitrogens with zero attached hydrogens (tertiary/aromatic N) is 5. The van der Waals surface area contributed by atoms with E-state index in [0.29, 0.717) is 24.1 Å². The number of amides is 1. The number of carbonyl (C=O) groups excluding carboxylic acids is 1. The van der Waals surface area contributed by atoms with E-state index in [4.69, 9.17) is 4.98 Å². The zero-order chi connectivity index (χ0) is 21.4. The minimum absolute atomic E-state index is 0.0718. The molecule has 2 aromatic carbocycles. The highest BCUT2D eigenvalue weighted by Gasteiger charge is 2.32. The van der Waals surface area contributed by atoms with Crippen molar-refractivity contribution in [3.8, 4) is 11.3 Å². The van der Waals surface area contributed by atoms with Crippen LogP contribution in [0.15, 0.2) is 59.7 Å². The monoisotopic (exact) mass is 412 g/mol. The third-order valence-corrected chi connectivity index (χ3v) is 5.84. The van der Waals surface area contributed by atoms with Crippen molar-refractivity contribution in [3.05, 3.63) is 71.4 Å². The Morgan fingerprint density at radius 2 is 1.87 bits per heavy atom. The molecule has 0 unspecified atom stereocenters. The Balaban J connectivity index is 1.32. The summed E-state index contributed by atoms with van der Waals surface area (Å²) in [5.41, 5.74) is 5.52. The Bertz CT molecular complexity index is 1150. The van der Waals surface area contributed by atoms with Crippen LogP contribution >= 0.6 is 0 Å². The molecule has 0 atom stereocenters. The first-order chi connectivity index (χ1) is 15.1. The van der Waals surface area contributed by atoms with Crippen molar-refractivity contribution in [2.45, 2.75) is 12.6 Å². The lowest BCUT2D eigenvalue weighted by Gasteiger charge is -2.42. The van der Waals surface area contributed by atoms with Crippen molar-refractivity contribution in [2.75, 3.05) is 32.5 Å². The number of anilines is 2. The Morgan fingerprint density at radius 1 is 1.10 bits per heavy atom. The van der Waals surface area contributed by atoms with Gasteiger partial charge in [-0.25, -0.2) is 9.97 Å². The van der Waals surface area contributed by atoms with Crippen LogP contribution in [0.4, 0.5) is 11.6 Å². The SMILES string of the molecule is CN(C)C1CN(C(=O)c2ccc(Nc3ncc4c(n3)-c3ccccc3C=NC4)cc2)C1. The number of hydrogen-bond donors (Lipinski definition) is 1. The van der Waals surface area contributed by atoms with E-state index in [0.717, 1.165) is 41.2 Å². The highest BCUT2D eigenvalue weighted by atomic mass is 16.2. The van der Waals surface area contributed by atoms with Gasteiger partial charge in [-0.15, -0.1) is 0 Å². The molecule has 2 aliphatic rings. The van der Waals surface area contributed by atoms with E-state index in [9.17, 15) is 4.79 Å². The Hall–Kier alpha value is -3.58. The molecule has 7 nitrogen and oxygen atoms in total. The van der Waals surface area contributed by atoms with Gasteiger partial charge in [0.25, 0.3) is 5.91 Å². The Kier molecular flexibility index (Phi) is 4.95. The van der Waals surface area contributed by atoms with Crippen LogP contribution in [0.2, 0.25) is 0 Å². The van der Waals surface area contributed by atoms with Crippen molar-refractivity contribution >= 4 is 23.8 Å². The Labute approximate surface area is 181 Å². The van der Waals surface area contributed by atoms with Gasteiger partial charge in [-0.2, -0.15) is 0 Å². The molecule has 31 heavy (non-hydrogen) atoms. The standard InChI is InChI=1S/C24H24N6O/c1-29(2)20-14-30(15-20)23(31)16-7-9-19(10-8-16)27-24-26-13-18-12-25-11-17-5-3-4-6-21(17)22(18)28-24/h3-11,13,20H,12,14-15H2,1-2H3,(H,26,27,28). The fourth-order valence-corrected chi connectivity index (χ4v) is 3.84. The van der Waals surface area contributed by atoms with Gasteiger partial charge in [-0.05, 0) is 38.4 Å². The van der Waals surface area contributed by atoms with Gasteiger partial charge in [-0.3, -0.25) is 9.79 Å². The van der Waals surface area contributed by atoms with Crippen molar-refractivity contribution in [1.29, 1.82) is 0 Å². The average Bonchev–Trinajstić information content (AvgIpc) is 2.92. The van der Waals surface area contributed by atoms with Crippen LogP contribution in [0.25, 0.3) is 11.3 Å². The number of fused-ring (bicyclic) bond motifs is 3. The second-order valence-electron chi connectivity index (χ2n) is 8.15. The maximum atomic E-state index is 12.6. The molecule has 1 amide bonds. The van der Waals surface area contributed by atoms with Gasteiger partial charge in [0.2, 0.25) is 5.95 Å². The molecule has 3 heterocycles. The minimum atomic E-state index is 0.0718. The highest BCUT2D eigenvalue weighted by Crippen LogP contribution is 2.28. The summed E-state index contributed by atoms with van der Waals surface area (Å²) in [4.78, 5) is 30.3. The van der Waals surface area contributed by atoms with Gasteiger partial charge in [-0.1, -0.05) is 24.3 Å². The zero-order valence-electron chi connectivity index (χ0n) is 17.6. The van der Waals surface area contributed by atoms with Crippen molar-refractivity contribution in [3.63, 3.8) is 0 Å². The number of rotatable bonds is 4. The number of aliphatic imine (C=N–C) groups is 1. The first-order valence-electron chi connectivity index (χ1n) is 10.4. The molecule has 1 fully saturated rings. The lowest BCUT2D eigenvalue weighted by Crippen LogP contribution is -2.59. The second kappa shape index (κ2) is 7.92. The van der Waals surface area contributed by atoms with Crippen molar-refractivity contribution in [2.24, 2.45) is 4.99 Å². The predicted octanol–water partition coefficient (Wildman–Crippen LogP) is 3.21. The number of carbonyl (C=O) groups is 1. The van der Waals surface area contributed by atoms with Crippen molar-refractivity contribution in [1.82, 2.24) is 19.8 Å². The molecule has 0 spiro atoms. The summed E-state index contributed by atoms with van der Waals surface area (Å²) >= 11 is 0. The molecule has 1 aromatic heterocycles. The Morgan fingerprint density at radius 3 is 2.65 bits per heavy atom. The molecule has 7 heteroatoms. The summed E-state index contributed by atoms with van der Waals surface area (Å²) in [6, 6.07) is 16.0. The van der Waals surface area contributed by atoms with Gasteiger partial charge in [0.1, 0.15) is 0 Å². The fraction of sp³-hybridized carbons (Fsp3) is 0.250. The van der Waals surface area contributed by atoms with Crippen LogP contribution < -0.4 is 5.32 Å². The molecule has 0 bridgehead atoms. The van der Waals surface area contributed by atoms with Gasteiger partial charge < -0.3 is 15.1 Å². The topological polar surface area (TPSA) is 73.7 Å². The van der Waals surface area contributed by atoms with Crippen molar-refractivity contribution < 1.29 is 4.79 Å². The summed E-state index contributed by atoms with van der Waals surface area (Å²) in [5.74, 6) is 0.591. The summed E-state index contributed by atoms with van der Waals surface area (Å²) in [5, 5.41) is 3.26. The number of aromatic nitrogens is 2. The number of benzene rings is 2. The summed E-state index contributed by atoms with van der Waals surface area (Å²) in [6.45, 7) is 2.12. The normalized spacial score (nSPS) is 15.1. The summed E-state index contributed by atoms with van der Waals surface area (Å²) in [6.07, 6.45) is 3.71. The fourth-order valence-electron chi connectivity index (χ4n) is 3.84. The maximum absolute atomic E-state index is 12.6. The molecule has 3 aromatic rings. The van der Waals surface area contributed by atoms with Gasteiger partial charge in [0, 0.05) is 59.5 Å². The second-order valence-corrected chi connectivity index (χ2v) is 8.15. The molecule has 156 valence electrons. The highest BCUT2D eigenvalue weighted by molar-refractivity contribution is 5.95. The summed E-state index contributed by atoms with van der Waals surface area (Å²) < 4.78 is 0. The minimum Gasteiger partial charge on any atom is -0.335 e. The smallest absolute Gasteiger partial charge is 0.253 e. The molecule has 2 aliphatic heterocycles. The molecule has 1 N–H and O–H groups in total. The van der Waals surface area contributed by atoms with Crippen LogP contribution in [0, 0.1) is 0 Å². The average molecular weight is 412 g/mol. The third kappa shape index (κ3) is 3.80. The van der Waals surface area contributed by atoms with E-state index in [1.54, 1.807) is 0 Å². The van der Waals surface area contributed by atoms with E-state index in [-0.39, 0.29) is 5.91 Å². The first-order valence-corrected chi connectivity index (χ1v) is 10.4. The van der Waals surface area contributed by atoms with Gasteiger partial charge >= 0.3 is 0 Å². The number of likely N-dealkylation sites (tertiary alicyclic amines) is 1. The third-order valence-electron chi connectivity index (χ3n) is 5.84. The molecule has 0 saturated carbocycles. The largest absolute Gasteiger partial charge is 0.335 e. The molecule has 1 saturated heterocycles. The van der Waals surface area contributed by atoms with E-state index in [1.165, 1.54) is 0 Å². The lowest BCUT2D eigenvalue weighted by molar-refractivity contribution is 0.0399. The van der Waals surface area contributed by atoms with E-state index < -0.39 is 0 Å². The predicted molar refractivity (Wildman–Crippen MR) is 122 cm³/mol. The van der Waals surface area contributed by atoms with E-state index in [1.807, 2.05) is 73.9 Å². The lowest BCUT2D eigenvalue weighted by atomic mass is 10.0. The molecular weight excluding hydrogens is 388 g/mol. The molecule has 5 rings (SSSR count). The quantitative estimate of drug-likeness (QED) is 0.712. The summed E-state index contributed by atoms with van der Waals surface area (Å²) in [7, 11) is 4.09. The van der Waals surface area contributed by atoms with Gasteiger partial charge in [0.05, 0.1) is 12.2 Å². The van der Waals surface area contributed by atoms with Crippen LogP contribution in [0.5, 0.6) is 0 Å². The van der Waals surface area contributed by atoms with Crippen LogP contribution in [0.3, 0.4) is 0 Å². The van der Waals surface area contributed by atoms with Crippen LogP contribution in [0.1, 0.15) is 21.5 Å². The van der Waals surface area contributed by atoms with Crippen LogP contribution in [-0.4, -0.2) is 65.1 Å². The molecular formula is C24H24N6O. The zero-order valence-corrected chi connectivity index (χ0v) is 17.6. The molecule has 0 radical (unpaired) electrons. The first kappa shape index (κ1) is 19.4.